The van der Waals surface area contributed by atoms with Gasteiger partial charge in [-0.2, -0.15) is 13.2 Å². The summed E-state index contributed by atoms with van der Waals surface area (Å²) < 4.78 is 50.2. The van der Waals surface area contributed by atoms with Crippen molar-refractivity contribution in [3.05, 3.63) is 58.4 Å². The van der Waals surface area contributed by atoms with Crippen molar-refractivity contribution in [3.8, 4) is 5.75 Å². The lowest BCUT2D eigenvalue weighted by Gasteiger charge is -2.15. The van der Waals surface area contributed by atoms with Gasteiger partial charge in [-0.1, -0.05) is 17.3 Å². The summed E-state index contributed by atoms with van der Waals surface area (Å²) in [5.74, 6) is -0.733. The number of anilines is 1. The van der Waals surface area contributed by atoms with Gasteiger partial charge in [-0.3, -0.25) is 9.59 Å². The minimum atomic E-state index is -4.61. The molecule has 0 aliphatic rings. The Morgan fingerprint density at radius 3 is 2.67 bits per heavy atom. The smallest absolute Gasteiger partial charge is 0.416 e. The van der Waals surface area contributed by atoms with Crippen molar-refractivity contribution in [3.63, 3.8) is 0 Å². The van der Waals surface area contributed by atoms with Crippen LogP contribution >= 0.6 is 0 Å². The molecule has 0 saturated carbocycles. The minimum Gasteiger partial charge on any atom is -0.489 e. The van der Waals surface area contributed by atoms with Crippen molar-refractivity contribution >= 4 is 22.5 Å². The molecule has 30 heavy (non-hydrogen) atoms. The zero-order valence-electron chi connectivity index (χ0n) is 15.8. The molecule has 158 valence electrons. The van der Waals surface area contributed by atoms with E-state index in [9.17, 15) is 22.8 Å². The number of amides is 1. The highest BCUT2D eigenvalue weighted by atomic mass is 19.4. The van der Waals surface area contributed by atoms with Crippen LogP contribution in [0.25, 0.3) is 10.9 Å². The summed E-state index contributed by atoms with van der Waals surface area (Å²) in [6.07, 6.45) is -4.61. The van der Waals surface area contributed by atoms with E-state index < -0.39 is 29.8 Å². The van der Waals surface area contributed by atoms with Gasteiger partial charge in [0.05, 0.1) is 23.2 Å². The first kappa shape index (κ1) is 21.2. The van der Waals surface area contributed by atoms with E-state index in [1.165, 1.54) is 13.2 Å². The maximum absolute atomic E-state index is 13.1. The Kier molecular flexibility index (Phi) is 6.31. The highest BCUT2D eigenvalue weighted by Gasteiger charge is 2.31. The quantitative estimate of drug-likeness (QED) is 0.588. The van der Waals surface area contributed by atoms with E-state index in [0.29, 0.717) is 5.52 Å². The van der Waals surface area contributed by atoms with Crippen LogP contribution in [0.15, 0.2) is 47.3 Å². The fourth-order valence-electron chi connectivity index (χ4n) is 2.62. The standard InChI is InChI=1S/C19H17F3N4O4/c1-29-8-9-30-16-7-6-12(19(20,21)22)10-15(16)23-17(27)11-26-18(28)13-4-2-3-5-14(13)24-25-26/h2-7,10H,8-9,11H2,1H3,(H,23,27). The molecule has 1 amide bonds. The highest BCUT2D eigenvalue weighted by molar-refractivity contribution is 5.92. The van der Waals surface area contributed by atoms with E-state index in [-0.39, 0.29) is 30.0 Å². The summed E-state index contributed by atoms with van der Waals surface area (Å²) in [6, 6.07) is 9.17. The van der Waals surface area contributed by atoms with E-state index in [1.807, 2.05) is 0 Å². The number of rotatable bonds is 7. The number of alkyl halides is 3. The molecule has 11 heteroatoms. The molecule has 0 fully saturated rings. The molecule has 0 aliphatic carbocycles. The van der Waals surface area contributed by atoms with Crippen molar-refractivity contribution in [2.24, 2.45) is 0 Å². The third-order valence-corrected chi connectivity index (χ3v) is 4.05. The Balaban J connectivity index is 1.84. The average Bonchev–Trinajstić information content (AvgIpc) is 2.71. The van der Waals surface area contributed by atoms with Gasteiger partial charge in [-0.25, -0.2) is 4.68 Å². The van der Waals surface area contributed by atoms with Crippen LogP contribution in [0.5, 0.6) is 5.75 Å². The van der Waals surface area contributed by atoms with Crippen molar-refractivity contribution in [2.45, 2.75) is 12.7 Å². The Morgan fingerprint density at radius 2 is 1.93 bits per heavy atom. The summed E-state index contributed by atoms with van der Waals surface area (Å²) in [5.41, 5.74) is -1.32. The van der Waals surface area contributed by atoms with Gasteiger partial charge in [0.2, 0.25) is 5.91 Å². The van der Waals surface area contributed by atoms with E-state index in [1.54, 1.807) is 18.2 Å². The first-order chi connectivity index (χ1) is 14.3. The molecule has 0 bridgehead atoms. The molecule has 0 saturated heterocycles. The van der Waals surface area contributed by atoms with Gasteiger partial charge in [0.25, 0.3) is 5.56 Å². The number of nitrogens with one attached hydrogen (secondary N) is 1. The molecule has 8 nitrogen and oxygen atoms in total. The lowest BCUT2D eigenvalue weighted by molar-refractivity contribution is -0.137. The van der Waals surface area contributed by atoms with E-state index in [2.05, 4.69) is 15.6 Å². The minimum absolute atomic E-state index is 0.0327. The number of methoxy groups -OCH3 is 1. The second kappa shape index (κ2) is 8.91. The Morgan fingerprint density at radius 1 is 1.17 bits per heavy atom. The number of nitrogens with zero attached hydrogens (tertiary/aromatic N) is 3. The Hall–Kier alpha value is -3.47. The fraction of sp³-hybridized carbons (Fsp3) is 0.263. The molecule has 0 atom stereocenters. The summed E-state index contributed by atoms with van der Waals surface area (Å²) in [7, 11) is 1.45. The molecule has 0 aliphatic heterocycles. The van der Waals surface area contributed by atoms with Crippen molar-refractivity contribution in [1.29, 1.82) is 0 Å². The van der Waals surface area contributed by atoms with Crippen LogP contribution in [0.3, 0.4) is 0 Å². The fourth-order valence-corrected chi connectivity index (χ4v) is 2.62. The number of carbonyl (C=O) groups excluding carboxylic acids is 1. The Labute approximate surface area is 168 Å². The Bertz CT molecular complexity index is 1110. The monoisotopic (exact) mass is 422 g/mol. The van der Waals surface area contributed by atoms with E-state index >= 15 is 0 Å². The number of hydrogen-bond acceptors (Lipinski definition) is 6. The van der Waals surface area contributed by atoms with E-state index in [0.717, 1.165) is 22.9 Å². The molecule has 1 heterocycles. The molecule has 0 radical (unpaired) electrons. The van der Waals surface area contributed by atoms with Crippen molar-refractivity contribution in [1.82, 2.24) is 15.0 Å². The topological polar surface area (TPSA) is 95.3 Å². The van der Waals surface area contributed by atoms with Crippen LogP contribution in [0.1, 0.15) is 5.56 Å². The number of hydrogen-bond donors (Lipinski definition) is 1. The van der Waals surface area contributed by atoms with Crippen LogP contribution in [0.4, 0.5) is 18.9 Å². The molecule has 2 aromatic carbocycles. The summed E-state index contributed by atoms with van der Waals surface area (Å²) in [6.45, 7) is -0.263. The largest absolute Gasteiger partial charge is 0.489 e. The lowest BCUT2D eigenvalue weighted by atomic mass is 10.1. The summed E-state index contributed by atoms with van der Waals surface area (Å²) in [4.78, 5) is 24.8. The predicted molar refractivity (Wildman–Crippen MR) is 101 cm³/mol. The molecular formula is C19H17F3N4O4. The second-order valence-electron chi connectivity index (χ2n) is 6.17. The van der Waals surface area contributed by atoms with Gasteiger partial charge in [0, 0.05) is 7.11 Å². The van der Waals surface area contributed by atoms with Crippen molar-refractivity contribution < 1.29 is 27.4 Å². The summed E-state index contributed by atoms with van der Waals surface area (Å²) in [5, 5.41) is 10.2. The number of ether oxygens (including phenoxy) is 2. The van der Waals surface area contributed by atoms with Gasteiger partial charge >= 0.3 is 6.18 Å². The molecule has 0 unspecified atom stereocenters. The van der Waals surface area contributed by atoms with Gasteiger partial charge in [-0.05, 0) is 30.3 Å². The van der Waals surface area contributed by atoms with Crippen LogP contribution in [-0.4, -0.2) is 41.2 Å². The van der Waals surface area contributed by atoms with Crippen LogP contribution < -0.4 is 15.6 Å². The predicted octanol–water partition coefficient (Wildman–Crippen LogP) is 2.47. The maximum Gasteiger partial charge on any atom is 0.416 e. The molecular weight excluding hydrogens is 405 g/mol. The molecule has 3 aromatic rings. The molecule has 1 aromatic heterocycles. The SMILES string of the molecule is COCCOc1ccc(C(F)(F)F)cc1NC(=O)Cn1nnc2ccccc2c1=O. The van der Waals surface area contributed by atoms with Gasteiger partial charge < -0.3 is 14.8 Å². The zero-order chi connectivity index (χ0) is 21.7. The second-order valence-corrected chi connectivity index (χ2v) is 6.17. The van der Waals surface area contributed by atoms with Crippen molar-refractivity contribution in [2.75, 3.05) is 25.6 Å². The van der Waals surface area contributed by atoms with Gasteiger partial charge in [0.1, 0.15) is 24.4 Å². The zero-order valence-corrected chi connectivity index (χ0v) is 15.8. The van der Waals surface area contributed by atoms with Gasteiger partial charge in [0.15, 0.2) is 0 Å². The number of halogens is 3. The van der Waals surface area contributed by atoms with Gasteiger partial charge in [-0.15, -0.1) is 5.10 Å². The van der Waals surface area contributed by atoms with Crippen LogP contribution in [0, 0.1) is 0 Å². The number of aromatic nitrogens is 3. The molecule has 0 spiro atoms. The number of benzene rings is 2. The summed E-state index contributed by atoms with van der Waals surface area (Å²) >= 11 is 0. The third kappa shape index (κ3) is 4.92. The van der Waals surface area contributed by atoms with Crippen LogP contribution in [-0.2, 0) is 22.3 Å². The highest BCUT2D eigenvalue weighted by Crippen LogP contribution is 2.35. The van der Waals surface area contributed by atoms with Crippen LogP contribution in [0.2, 0.25) is 0 Å². The third-order valence-electron chi connectivity index (χ3n) is 4.05. The first-order valence-corrected chi connectivity index (χ1v) is 8.75. The maximum atomic E-state index is 13.1. The first-order valence-electron chi connectivity index (χ1n) is 8.75. The number of carbonyl (C=O) groups is 1. The van der Waals surface area contributed by atoms with E-state index in [4.69, 9.17) is 9.47 Å². The average molecular weight is 422 g/mol. The molecule has 1 N–H and O–H groups in total. The molecule has 3 rings (SSSR count). The number of fused-ring (bicyclic) bond motifs is 1. The lowest BCUT2D eigenvalue weighted by Crippen LogP contribution is -2.30. The normalized spacial score (nSPS) is 11.5.